The quantitative estimate of drug-likeness (QED) is 0.779. The molecule has 2 amide bonds. The van der Waals surface area contributed by atoms with Gasteiger partial charge in [0.1, 0.15) is 17.5 Å². The van der Waals surface area contributed by atoms with E-state index in [1.807, 2.05) is 5.32 Å². The van der Waals surface area contributed by atoms with Crippen molar-refractivity contribution in [2.75, 3.05) is 5.32 Å². The normalized spacial score (nSPS) is 11.8. The van der Waals surface area contributed by atoms with Gasteiger partial charge < -0.3 is 15.7 Å². The fourth-order valence-corrected chi connectivity index (χ4v) is 1.52. The molecule has 0 aromatic heterocycles. The van der Waals surface area contributed by atoms with E-state index < -0.39 is 41.2 Å². The predicted octanol–water partition coefficient (Wildman–Crippen LogP) is 2.48. The van der Waals surface area contributed by atoms with Crippen LogP contribution in [0.2, 0.25) is 0 Å². The molecule has 0 spiro atoms. The van der Waals surface area contributed by atoms with E-state index in [4.69, 9.17) is 5.11 Å². The Morgan fingerprint density at radius 1 is 1.25 bits per heavy atom. The van der Waals surface area contributed by atoms with Crippen molar-refractivity contribution in [3.05, 3.63) is 29.6 Å². The van der Waals surface area contributed by atoms with Gasteiger partial charge in [-0.15, -0.1) is 0 Å². The molecular formula is C12H13F3N2O3. The second-order valence-corrected chi connectivity index (χ2v) is 4.02. The molecule has 0 aliphatic rings. The van der Waals surface area contributed by atoms with Crippen molar-refractivity contribution < 1.29 is 27.9 Å². The lowest BCUT2D eigenvalue weighted by Gasteiger charge is -2.14. The maximum absolute atomic E-state index is 13.3. The highest BCUT2D eigenvalue weighted by Crippen LogP contribution is 2.19. The second-order valence-electron chi connectivity index (χ2n) is 4.02. The van der Waals surface area contributed by atoms with Crippen LogP contribution in [-0.2, 0) is 4.79 Å². The molecule has 1 atom stereocenters. The molecule has 1 rings (SSSR count). The molecule has 0 aliphatic heterocycles. The molecule has 0 radical (unpaired) electrons. The minimum absolute atomic E-state index is 0.164. The predicted molar refractivity (Wildman–Crippen MR) is 64.8 cm³/mol. The molecule has 110 valence electrons. The van der Waals surface area contributed by atoms with Crippen molar-refractivity contribution in [1.82, 2.24) is 5.32 Å². The number of carbonyl (C=O) groups is 2. The van der Waals surface area contributed by atoms with Crippen molar-refractivity contribution in [2.24, 2.45) is 0 Å². The Balaban J connectivity index is 2.78. The molecule has 20 heavy (non-hydrogen) atoms. The van der Waals surface area contributed by atoms with E-state index in [-0.39, 0.29) is 6.42 Å². The number of nitrogens with one attached hydrogen (secondary N) is 2. The monoisotopic (exact) mass is 290 g/mol. The first-order chi connectivity index (χ1) is 9.35. The Morgan fingerprint density at radius 3 is 2.25 bits per heavy atom. The molecule has 1 aromatic rings. The minimum Gasteiger partial charge on any atom is -0.480 e. The first-order valence-electron chi connectivity index (χ1n) is 5.80. The van der Waals surface area contributed by atoms with Gasteiger partial charge in [-0.25, -0.2) is 22.8 Å². The summed E-state index contributed by atoms with van der Waals surface area (Å²) in [5, 5.41) is 12.7. The Morgan fingerprint density at radius 2 is 1.80 bits per heavy atom. The van der Waals surface area contributed by atoms with Crippen molar-refractivity contribution in [1.29, 1.82) is 0 Å². The Bertz CT molecular complexity index is 500. The second kappa shape index (κ2) is 6.78. The van der Waals surface area contributed by atoms with E-state index in [1.165, 1.54) is 0 Å². The van der Waals surface area contributed by atoms with Crippen LogP contribution in [0.5, 0.6) is 0 Å². The largest absolute Gasteiger partial charge is 0.480 e. The molecule has 8 heteroatoms. The molecule has 0 fully saturated rings. The van der Waals surface area contributed by atoms with Gasteiger partial charge in [0.05, 0.1) is 0 Å². The molecule has 5 nitrogen and oxygen atoms in total. The number of hydrogen-bond acceptors (Lipinski definition) is 2. The van der Waals surface area contributed by atoms with Crippen LogP contribution in [0, 0.1) is 17.5 Å². The number of benzene rings is 1. The van der Waals surface area contributed by atoms with Gasteiger partial charge in [-0.1, -0.05) is 13.3 Å². The van der Waals surface area contributed by atoms with E-state index >= 15 is 0 Å². The molecule has 3 N–H and O–H groups in total. The summed E-state index contributed by atoms with van der Waals surface area (Å²) >= 11 is 0. The number of carboxylic acid groups (broad SMARTS) is 1. The Labute approximate surface area is 112 Å². The van der Waals surface area contributed by atoms with Crippen molar-refractivity contribution in [2.45, 2.75) is 25.8 Å². The third kappa shape index (κ3) is 4.15. The zero-order chi connectivity index (χ0) is 15.3. The number of rotatable bonds is 5. The third-order valence-electron chi connectivity index (χ3n) is 2.43. The van der Waals surface area contributed by atoms with Gasteiger partial charge in [0.25, 0.3) is 0 Å². The molecule has 0 aliphatic carbocycles. The van der Waals surface area contributed by atoms with E-state index in [0.29, 0.717) is 18.6 Å². The average molecular weight is 290 g/mol. The van der Waals surface area contributed by atoms with Crippen LogP contribution in [-0.4, -0.2) is 23.1 Å². The molecule has 0 saturated heterocycles. The van der Waals surface area contributed by atoms with Crippen LogP contribution in [0.3, 0.4) is 0 Å². The number of carboxylic acids is 1. The van der Waals surface area contributed by atoms with Gasteiger partial charge in [-0.3, -0.25) is 0 Å². The summed E-state index contributed by atoms with van der Waals surface area (Å²) in [5.41, 5.74) is -0.843. The summed E-state index contributed by atoms with van der Waals surface area (Å²) in [6, 6.07) is -1.46. The summed E-state index contributed by atoms with van der Waals surface area (Å²) in [4.78, 5) is 22.3. The van der Waals surface area contributed by atoms with Crippen molar-refractivity contribution >= 4 is 17.7 Å². The highest BCUT2D eigenvalue weighted by atomic mass is 19.1. The lowest BCUT2D eigenvalue weighted by molar-refractivity contribution is -0.139. The summed E-state index contributed by atoms with van der Waals surface area (Å²) < 4.78 is 39.2. The fraction of sp³-hybridized carbons (Fsp3) is 0.333. The number of hydrogen-bond donors (Lipinski definition) is 3. The molecule has 1 aromatic carbocycles. The van der Waals surface area contributed by atoms with Crippen LogP contribution in [0.4, 0.5) is 23.7 Å². The highest BCUT2D eigenvalue weighted by molar-refractivity contribution is 5.92. The van der Waals surface area contributed by atoms with Crippen molar-refractivity contribution in [3.8, 4) is 0 Å². The number of amides is 2. The number of anilines is 1. The standard InChI is InChI=1S/C12H13F3N2O3/c1-2-3-9(11(18)19)16-12(20)17-10-7(14)4-6(13)5-8(10)15/h4-5,9H,2-3H2,1H3,(H,18,19)(H2,16,17,20)/t9-/m1/s1. The average Bonchev–Trinajstić information content (AvgIpc) is 2.33. The number of urea groups is 1. The molecule has 0 heterocycles. The summed E-state index contributed by atoms with van der Waals surface area (Å²) in [5.74, 6) is -4.97. The topological polar surface area (TPSA) is 78.4 Å². The van der Waals surface area contributed by atoms with Gasteiger partial charge in [0, 0.05) is 12.1 Å². The Kier molecular flexibility index (Phi) is 5.36. The van der Waals surface area contributed by atoms with Gasteiger partial charge >= 0.3 is 12.0 Å². The van der Waals surface area contributed by atoms with Crippen LogP contribution >= 0.6 is 0 Å². The van der Waals surface area contributed by atoms with Crippen LogP contribution in [0.15, 0.2) is 12.1 Å². The summed E-state index contributed by atoms with van der Waals surface area (Å²) in [6.45, 7) is 1.72. The smallest absolute Gasteiger partial charge is 0.326 e. The van der Waals surface area contributed by atoms with E-state index in [9.17, 15) is 22.8 Å². The van der Waals surface area contributed by atoms with E-state index in [0.717, 1.165) is 0 Å². The highest BCUT2D eigenvalue weighted by Gasteiger charge is 2.20. The maximum atomic E-state index is 13.3. The number of halogens is 3. The maximum Gasteiger partial charge on any atom is 0.326 e. The van der Waals surface area contributed by atoms with Crippen LogP contribution in [0.25, 0.3) is 0 Å². The van der Waals surface area contributed by atoms with Gasteiger partial charge in [0.15, 0.2) is 11.6 Å². The van der Waals surface area contributed by atoms with Gasteiger partial charge in [-0.2, -0.15) is 0 Å². The number of carbonyl (C=O) groups excluding carboxylic acids is 1. The fourth-order valence-electron chi connectivity index (χ4n) is 1.52. The lowest BCUT2D eigenvalue weighted by atomic mass is 10.2. The van der Waals surface area contributed by atoms with E-state index in [2.05, 4.69) is 5.32 Å². The lowest BCUT2D eigenvalue weighted by Crippen LogP contribution is -2.43. The Hall–Kier alpha value is -2.25. The first-order valence-corrected chi connectivity index (χ1v) is 5.80. The van der Waals surface area contributed by atoms with Gasteiger partial charge in [0.2, 0.25) is 0 Å². The van der Waals surface area contributed by atoms with Crippen molar-refractivity contribution in [3.63, 3.8) is 0 Å². The summed E-state index contributed by atoms with van der Waals surface area (Å²) in [6.07, 6.45) is 0.660. The SMILES string of the molecule is CCC[C@@H](NC(=O)Nc1c(F)cc(F)cc1F)C(=O)O. The minimum atomic E-state index is -1.29. The van der Waals surface area contributed by atoms with Crippen LogP contribution < -0.4 is 10.6 Å². The molecule has 0 unspecified atom stereocenters. The molecule has 0 bridgehead atoms. The molecular weight excluding hydrogens is 277 g/mol. The zero-order valence-corrected chi connectivity index (χ0v) is 10.5. The first kappa shape index (κ1) is 15.8. The zero-order valence-electron chi connectivity index (χ0n) is 10.5. The molecule has 0 saturated carbocycles. The van der Waals surface area contributed by atoms with Gasteiger partial charge in [-0.05, 0) is 6.42 Å². The third-order valence-corrected chi connectivity index (χ3v) is 2.43. The van der Waals surface area contributed by atoms with E-state index in [1.54, 1.807) is 6.92 Å². The number of aliphatic carboxylic acids is 1. The van der Waals surface area contributed by atoms with Crippen LogP contribution in [0.1, 0.15) is 19.8 Å². The summed E-state index contributed by atoms with van der Waals surface area (Å²) in [7, 11) is 0.